The molecule has 2 aromatic heterocycles. The van der Waals surface area contributed by atoms with Gasteiger partial charge in [0, 0.05) is 24.7 Å². The molecule has 1 aromatic carbocycles. The van der Waals surface area contributed by atoms with E-state index in [2.05, 4.69) is 9.97 Å². The average molecular weight is 351 g/mol. The summed E-state index contributed by atoms with van der Waals surface area (Å²) in [5.41, 5.74) is 1.27. The molecule has 0 atom stereocenters. The Kier molecular flexibility index (Phi) is 4.82. The molecule has 0 bridgehead atoms. The van der Waals surface area contributed by atoms with Crippen LogP contribution in [0.2, 0.25) is 0 Å². The van der Waals surface area contributed by atoms with Crippen LogP contribution in [-0.4, -0.2) is 33.9 Å². The lowest BCUT2D eigenvalue weighted by molar-refractivity contribution is 0.0755. The summed E-state index contributed by atoms with van der Waals surface area (Å²) in [5, 5.41) is 1.01. The maximum absolute atomic E-state index is 12.5. The Morgan fingerprint density at radius 1 is 1.15 bits per heavy atom. The maximum Gasteiger partial charge on any atom is 0.275 e. The number of aromatic nitrogens is 2. The molecule has 26 heavy (non-hydrogen) atoms. The second-order valence-corrected chi connectivity index (χ2v) is 6.48. The van der Waals surface area contributed by atoms with Crippen LogP contribution < -0.4 is 4.74 Å². The molecule has 6 heteroatoms. The van der Waals surface area contributed by atoms with Gasteiger partial charge in [0.25, 0.3) is 5.91 Å². The lowest BCUT2D eigenvalue weighted by Crippen LogP contribution is -2.32. The molecular weight excluding hydrogens is 330 g/mol. The molecule has 6 nitrogen and oxygen atoms in total. The molecule has 0 N–H and O–H groups in total. The van der Waals surface area contributed by atoms with Gasteiger partial charge in [-0.05, 0) is 37.1 Å². The summed E-state index contributed by atoms with van der Waals surface area (Å²) in [7, 11) is 0. The zero-order valence-corrected chi connectivity index (χ0v) is 14.6. The minimum atomic E-state index is -0.0568. The monoisotopic (exact) mass is 351 g/mol. The zero-order chi connectivity index (χ0) is 17.8. The van der Waals surface area contributed by atoms with E-state index in [-0.39, 0.29) is 12.5 Å². The summed E-state index contributed by atoms with van der Waals surface area (Å²) in [4.78, 5) is 23.0. The van der Waals surface area contributed by atoms with Gasteiger partial charge in [-0.25, -0.2) is 4.98 Å². The van der Waals surface area contributed by atoms with E-state index in [9.17, 15) is 4.79 Å². The fourth-order valence-corrected chi connectivity index (χ4v) is 3.20. The summed E-state index contributed by atoms with van der Waals surface area (Å²) in [6.07, 6.45) is 7.66. The predicted octanol–water partition coefficient (Wildman–Crippen LogP) is 3.82. The van der Waals surface area contributed by atoms with Gasteiger partial charge in [-0.15, -0.1) is 0 Å². The topological polar surface area (TPSA) is 68.5 Å². The van der Waals surface area contributed by atoms with Crippen LogP contribution in [0.4, 0.5) is 0 Å². The van der Waals surface area contributed by atoms with Crippen LogP contribution in [0, 0.1) is 0 Å². The van der Waals surface area contributed by atoms with Crippen LogP contribution >= 0.6 is 0 Å². The number of rotatable bonds is 4. The van der Waals surface area contributed by atoms with Gasteiger partial charge in [0.05, 0.1) is 5.52 Å². The Morgan fingerprint density at radius 3 is 2.85 bits per heavy atom. The van der Waals surface area contributed by atoms with E-state index in [1.54, 1.807) is 6.20 Å². The Hall–Kier alpha value is -2.89. The quantitative estimate of drug-likeness (QED) is 0.715. The Bertz CT molecular complexity index is 898. The van der Waals surface area contributed by atoms with E-state index in [1.165, 1.54) is 19.1 Å². The second kappa shape index (κ2) is 7.56. The molecular formula is C20H21N3O3. The number of hydrogen-bond acceptors (Lipinski definition) is 5. The molecule has 3 aromatic rings. The number of fused-ring (bicyclic) bond motifs is 1. The number of amides is 1. The van der Waals surface area contributed by atoms with Crippen molar-refractivity contribution in [3.63, 3.8) is 0 Å². The van der Waals surface area contributed by atoms with Crippen molar-refractivity contribution in [2.75, 3.05) is 13.1 Å². The highest BCUT2D eigenvalue weighted by Gasteiger charge is 2.20. The highest BCUT2D eigenvalue weighted by atomic mass is 16.5. The summed E-state index contributed by atoms with van der Waals surface area (Å²) >= 11 is 0. The van der Waals surface area contributed by atoms with Crippen LogP contribution in [0.15, 0.2) is 47.2 Å². The third-order valence-corrected chi connectivity index (χ3v) is 4.60. The fourth-order valence-electron chi connectivity index (χ4n) is 3.20. The van der Waals surface area contributed by atoms with E-state index in [0.717, 1.165) is 36.8 Å². The largest absolute Gasteiger partial charge is 0.484 e. The molecule has 134 valence electrons. The Labute approximate surface area is 151 Å². The first-order valence-electron chi connectivity index (χ1n) is 9.01. The highest BCUT2D eigenvalue weighted by Crippen LogP contribution is 2.20. The van der Waals surface area contributed by atoms with Crippen molar-refractivity contribution < 1.29 is 13.9 Å². The molecule has 3 heterocycles. The SMILES string of the molecule is O=C(c1coc(COc2ccc3ncccc3c2)n1)N1CCCCCC1. The first-order valence-corrected chi connectivity index (χ1v) is 9.01. The van der Waals surface area contributed by atoms with E-state index in [4.69, 9.17) is 9.15 Å². The van der Waals surface area contributed by atoms with E-state index in [0.29, 0.717) is 17.3 Å². The molecule has 1 aliphatic heterocycles. The lowest BCUT2D eigenvalue weighted by Gasteiger charge is -2.18. The van der Waals surface area contributed by atoms with Crippen molar-refractivity contribution in [1.29, 1.82) is 0 Å². The number of likely N-dealkylation sites (tertiary alicyclic amines) is 1. The van der Waals surface area contributed by atoms with Gasteiger partial charge in [-0.2, -0.15) is 0 Å². The summed E-state index contributed by atoms with van der Waals surface area (Å²) in [6.45, 7) is 1.77. The van der Waals surface area contributed by atoms with Gasteiger partial charge in [-0.3, -0.25) is 9.78 Å². The minimum absolute atomic E-state index is 0.0568. The van der Waals surface area contributed by atoms with Gasteiger partial charge in [0.1, 0.15) is 12.0 Å². The molecule has 0 unspecified atom stereocenters. The number of carbonyl (C=O) groups is 1. The van der Waals surface area contributed by atoms with Gasteiger partial charge in [0.15, 0.2) is 12.3 Å². The molecule has 4 rings (SSSR count). The minimum Gasteiger partial charge on any atom is -0.484 e. The van der Waals surface area contributed by atoms with Crippen molar-refractivity contribution >= 4 is 16.8 Å². The van der Waals surface area contributed by atoms with Crippen molar-refractivity contribution in [1.82, 2.24) is 14.9 Å². The van der Waals surface area contributed by atoms with Gasteiger partial charge < -0.3 is 14.1 Å². The number of pyridine rings is 1. The van der Waals surface area contributed by atoms with Gasteiger partial charge in [0.2, 0.25) is 5.89 Å². The number of ether oxygens (including phenoxy) is 1. The molecule has 0 radical (unpaired) electrons. The molecule has 1 amide bonds. The Morgan fingerprint density at radius 2 is 2.00 bits per heavy atom. The molecule has 0 aliphatic carbocycles. The normalized spacial score (nSPS) is 15.0. The van der Waals surface area contributed by atoms with Crippen molar-refractivity contribution in [2.45, 2.75) is 32.3 Å². The lowest BCUT2D eigenvalue weighted by atomic mass is 10.2. The van der Waals surface area contributed by atoms with Gasteiger partial charge >= 0.3 is 0 Å². The highest BCUT2D eigenvalue weighted by molar-refractivity contribution is 5.92. The third-order valence-electron chi connectivity index (χ3n) is 4.60. The van der Waals surface area contributed by atoms with Crippen LogP contribution in [0.3, 0.4) is 0 Å². The number of carbonyl (C=O) groups excluding carboxylic acids is 1. The third kappa shape index (κ3) is 3.69. The van der Waals surface area contributed by atoms with Crippen molar-refractivity contribution in [3.8, 4) is 5.75 Å². The molecule has 1 aliphatic rings. The second-order valence-electron chi connectivity index (χ2n) is 6.48. The van der Waals surface area contributed by atoms with Crippen LogP contribution in [0.5, 0.6) is 5.75 Å². The zero-order valence-electron chi connectivity index (χ0n) is 14.6. The number of nitrogens with zero attached hydrogens (tertiary/aromatic N) is 3. The van der Waals surface area contributed by atoms with E-state index in [1.807, 2.05) is 35.2 Å². The van der Waals surface area contributed by atoms with Gasteiger partial charge in [-0.1, -0.05) is 18.9 Å². The molecule has 1 fully saturated rings. The summed E-state index contributed by atoms with van der Waals surface area (Å²) < 4.78 is 11.2. The number of oxazole rings is 1. The Balaban J connectivity index is 1.40. The van der Waals surface area contributed by atoms with E-state index >= 15 is 0 Å². The average Bonchev–Trinajstić information content (AvgIpc) is 2.99. The number of hydrogen-bond donors (Lipinski definition) is 0. The molecule has 1 saturated heterocycles. The first kappa shape index (κ1) is 16.6. The smallest absolute Gasteiger partial charge is 0.275 e. The summed E-state index contributed by atoms with van der Waals surface area (Å²) in [6, 6.07) is 9.57. The van der Waals surface area contributed by atoms with Crippen LogP contribution in [0.25, 0.3) is 10.9 Å². The predicted molar refractivity (Wildman–Crippen MR) is 96.9 cm³/mol. The van der Waals surface area contributed by atoms with E-state index < -0.39 is 0 Å². The molecule has 0 saturated carbocycles. The maximum atomic E-state index is 12.5. The van der Waals surface area contributed by atoms with Crippen molar-refractivity contribution in [3.05, 3.63) is 54.4 Å². The fraction of sp³-hybridized carbons (Fsp3) is 0.350. The standard InChI is InChI=1S/C20H21N3O3/c24-20(23-10-3-1-2-4-11-23)18-13-26-19(22-18)14-25-16-7-8-17-15(12-16)6-5-9-21-17/h5-9,12-13H,1-4,10-11,14H2. The van der Waals surface area contributed by atoms with Crippen molar-refractivity contribution in [2.24, 2.45) is 0 Å². The van der Waals surface area contributed by atoms with Crippen LogP contribution in [-0.2, 0) is 6.61 Å². The van der Waals surface area contributed by atoms with Crippen LogP contribution in [0.1, 0.15) is 42.1 Å². The number of benzene rings is 1. The summed E-state index contributed by atoms with van der Waals surface area (Å²) in [5.74, 6) is 1.05. The molecule has 0 spiro atoms. The first-order chi connectivity index (χ1) is 12.8.